The summed E-state index contributed by atoms with van der Waals surface area (Å²) in [4.78, 5) is 8.52. The van der Waals surface area contributed by atoms with Gasteiger partial charge in [0.05, 0.1) is 17.5 Å². The lowest BCUT2D eigenvalue weighted by atomic mass is 10.4. The molecule has 74 valence electrons. The van der Waals surface area contributed by atoms with E-state index in [9.17, 15) is 0 Å². The molecule has 14 heavy (non-hydrogen) atoms. The van der Waals surface area contributed by atoms with Crippen molar-refractivity contribution in [1.82, 2.24) is 19.7 Å². The first-order chi connectivity index (χ1) is 6.76. The van der Waals surface area contributed by atoms with E-state index in [1.807, 2.05) is 14.1 Å². The van der Waals surface area contributed by atoms with Crippen LogP contribution in [-0.4, -0.2) is 26.8 Å². The molecule has 0 aliphatic carbocycles. The number of rotatable bonds is 2. The summed E-state index contributed by atoms with van der Waals surface area (Å²) in [6.45, 7) is 0. The minimum atomic E-state index is 0.301. The first-order valence-electron chi connectivity index (χ1n) is 4.18. The number of hydrogen-bond donors (Lipinski definition) is 1. The van der Waals surface area contributed by atoms with Gasteiger partial charge in [0.1, 0.15) is 11.6 Å². The van der Waals surface area contributed by atoms with Crippen LogP contribution in [0, 0.1) is 0 Å². The number of nitrogens with one attached hydrogen (secondary N) is 1. The van der Waals surface area contributed by atoms with E-state index in [0.29, 0.717) is 11.7 Å². The van der Waals surface area contributed by atoms with Crippen LogP contribution in [0.15, 0.2) is 6.20 Å². The van der Waals surface area contributed by atoms with Crippen LogP contribution < -0.4 is 5.32 Å². The Morgan fingerprint density at radius 3 is 2.93 bits per heavy atom. The fourth-order valence-electron chi connectivity index (χ4n) is 1.32. The second-order valence-corrected chi connectivity index (χ2v) is 3.14. The summed E-state index contributed by atoms with van der Waals surface area (Å²) in [5.41, 5.74) is 0.792. The maximum absolute atomic E-state index is 5.69. The molecular weight excluding hydrogens is 202 g/mol. The predicted octanol–water partition coefficient (Wildman–Crippen LogP) is 1.14. The zero-order valence-electron chi connectivity index (χ0n) is 7.95. The Bertz CT molecular complexity index is 464. The maximum Gasteiger partial charge on any atom is 0.163 e. The smallest absolute Gasteiger partial charge is 0.163 e. The third-order valence-corrected chi connectivity index (χ3v) is 2.23. The van der Waals surface area contributed by atoms with Gasteiger partial charge in [-0.2, -0.15) is 5.10 Å². The average Bonchev–Trinajstić information content (AvgIpc) is 2.59. The molecule has 2 heterocycles. The second kappa shape index (κ2) is 3.42. The summed E-state index contributed by atoms with van der Waals surface area (Å²) in [6, 6.07) is 0. The summed E-state index contributed by atoms with van der Waals surface area (Å²) >= 11 is 5.69. The van der Waals surface area contributed by atoms with Crippen molar-refractivity contribution >= 4 is 28.5 Å². The molecule has 0 radical (unpaired) electrons. The van der Waals surface area contributed by atoms with E-state index < -0.39 is 0 Å². The first kappa shape index (κ1) is 9.21. The van der Waals surface area contributed by atoms with Gasteiger partial charge < -0.3 is 5.32 Å². The van der Waals surface area contributed by atoms with E-state index in [4.69, 9.17) is 11.6 Å². The number of anilines is 1. The van der Waals surface area contributed by atoms with Crippen molar-refractivity contribution in [2.75, 3.05) is 12.4 Å². The van der Waals surface area contributed by atoms with E-state index in [1.165, 1.54) is 0 Å². The molecule has 2 aromatic rings. The molecule has 0 spiro atoms. The molecule has 2 rings (SSSR count). The largest absolute Gasteiger partial charge is 0.372 e. The third-order valence-electron chi connectivity index (χ3n) is 1.99. The molecule has 2 aromatic heterocycles. The Balaban J connectivity index is 2.76. The zero-order chi connectivity index (χ0) is 10.1. The van der Waals surface area contributed by atoms with Crippen LogP contribution >= 0.6 is 11.6 Å². The Kier molecular flexibility index (Phi) is 2.25. The van der Waals surface area contributed by atoms with Crippen LogP contribution in [0.2, 0.25) is 0 Å². The Labute approximate surface area is 86.1 Å². The van der Waals surface area contributed by atoms with Gasteiger partial charge in [0.2, 0.25) is 0 Å². The van der Waals surface area contributed by atoms with E-state index >= 15 is 0 Å². The molecule has 5 nitrogen and oxygen atoms in total. The van der Waals surface area contributed by atoms with Crippen molar-refractivity contribution < 1.29 is 0 Å². The maximum atomic E-state index is 5.69. The van der Waals surface area contributed by atoms with Crippen molar-refractivity contribution in [2.45, 2.75) is 5.88 Å². The predicted molar refractivity (Wildman–Crippen MR) is 55.4 cm³/mol. The molecule has 0 saturated carbocycles. The highest BCUT2D eigenvalue weighted by Crippen LogP contribution is 2.19. The van der Waals surface area contributed by atoms with Crippen molar-refractivity contribution in [3.05, 3.63) is 12.0 Å². The summed E-state index contributed by atoms with van der Waals surface area (Å²) < 4.78 is 1.70. The zero-order valence-corrected chi connectivity index (χ0v) is 8.71. The summed E-state index contributed by atoms with van der Waals surface area (Å²) in [5, 5.41) is 8.01. The molecule has 0 fully saturated rings. The van der Waals surface area contributed by atoms with Gasteiger partial charge in [-0.25, -0.2) is 9.97 Å². The average molecular weight is 212 g/mol. The first-order valence-corrected chi connectivity index (χ1v) is 4.72. The highest BCUT2D eigenvalue weighted by atomic mass is 35.5. The third kappa shape index (κ3) is 1.29. The lowest BCUT2D eigenvalue weighted by Crippen LogP contribution is -2.01. The molecule has 0 saturated heterocycles. The molecular formula is C8H10ClN5. The van der Waals surface area contributed by atoms with E-state index in [2.05, 4.69) is 20.4 Å². The monoisotopic (exact) mass is 211 g/mol. The van der Waals surface area contributed by atoms with Crippen molar-refractivity contribution in [1.29, 1.82) is 0 Å². The summed E-state index contributed by atoms with van der Waals surface area (Å²) in [6.07, 6.45) is 1.74. The lowest BCUT2D eigenvalue weighted by Gasteiger charge is -2.03. The Morgan fingerprint density at radius 1 is 1.50 bits per heavy atom. The van der Waals surface area contributed by atoms with Gasteiger partial charge in [0.25, 0.3) is 0 Å². The summed E-state index contributed by atoms with van der Waals surface area (Å²) in [5.74, 6) is 1.67. The molecule has 0 aromatic carbocycles. The molecule has 0 aliphatic heterocycles. The number of hydrogen-bond acceptors (Lipinski definition) is 4. The fourth-order valence-corrected chi connectivity index (χ4v) is 1.44. The lowest BCUT2D eigenvalue weighted by molar-refractivity contribution is 0.782. The number of aromatic nitrogens is 4. The van der Waals surface area contributed by atoms with Gasteiger partial charge in [-0.05, 0) is 0 Å². The van der Waals surface area contributed by atoms with E-state index in [-0.39, 0.29) is 0 Å². The highest BCUT2D eigenvalue weighted by Gasteiger charge is 2.09. The van der Waals surface area contributed by atoms with Crippen LogP contribution in [0.25, 0.3) is 11.0 Å². The van der Waals surface area contributed by atoms with Crippen molar-refractivity contribution in [2.24, 2.45) is 7.05 Å². The number of nitrogens with zero attached hydrogens (tertiary/aromatic N) is 4. The van der Waals surface area contributed by atoms with Crippen LogP contribution in [-0.2, 0) is 12.9 Å². The molecule has 0 bridgehead atoms. The number of halogens is 1. The minimum Gasteiger partial charge on any atom is -0.372 e. The molecule has 1 N–H and O–H groups in total. The number of aryl methyl sites for hydroxylation is 1. The quantitative estimate of drug-likeness (QED) is 0.757. The van der Waals surface area contributed by atoms with Crippen LogP contribution in [0.1, 0.15) is 5.82 Å². The van der Waals surface area contributed by atoms with E-state index in [1.54, 1.807) is 10.9 Å². The van der Waals surface area contributed by atoms with Crippen LogP contribution in [0.5, 0.6) is 0 Å². The minimum absolute atomic E-state index is 0.301. The standard InChI is InChI=1S/C8H10ClN5/c1-10-7-5-4-11-14(2)8(5)13-6(3-9)12-7/h4H,3H2,1-2H3,(H,10,12,13). The second-order valence-electron chi connectivity index (χ2n) is 2.88. The van der Waals surface area contributed by atoms with Crippen molar-refractivity contribution in [3.8, 4) is 0 Å². The van der Waals surface area contributed by atoms with Gasteiger partial charge in [-0.1, -0.05) is 0 Å². The fraction of sp³-hybridized carbons (Fsp3) is 0.375. The van der Waals surface area contributed by atoms with Gasteiger partial charge in [0, 0.05) is 14.1 Å². The SMILES string of the molecule is CNc1nc(CCl)nc2c1cnn2C. The molecule has 0 aliphatic rings. The number of fused-ring (bicyclic) bond motifs is 1. The van der Waals surface area contributed by atoms with Gasteiger partial charge in [0.15, 0.2) is 5.65 Å². The Hall–Kier alpha value is -1.36. The molecule has 0 unspecified atom stereocenters. The van der Waals surface area contributed by atoms with Gasteiger partial charge in [-0.15, -0.1) is 11.6 Å². The van der Waals surface area contributed by atoms with Gasteiger partial charge in [-0.3, -0.25) is 4.68 Å². The Morgan fingerprint density at radius 2 is 2.29 bits per heavy atom. The van der Waals surface area contributed by atoms with E-state index in [0.717, 1.165) is 16.9 Å². The topological polar surface area (TPSA) is 55.6 Å². The van der Waals surface area contributed by atoms with Crippen LogP contribution in [0.4, 0.5) is 5.82 Å². The molecule has 0 amide bonds. The molecule has 0 atom stereocenters. The number of alkyl halides is 1. The molecule has 6 heteroatoms. The highest BCUT2D eigenvalue weighted by molar-refractivity contribution is 6.16. The van der Waals surface area contributed by atoms with Crippen molar-refractivity contribution in [3.63, 3.8) is 0 Å². The van der Waals surface area contributed by atoms with Gasteiger partial charge >= 0.3 is 0 Å². The van der Waals surface area contributed by atoms with Crippen LogP contribution in [0.3, 0.4) is 0 Å². The summed E-state index contributed by atoms with van der Waals surface area (Å²) in [7, 11) is 3.65. The normalized spacial score (nSPS) is 10.8.